The molecule has 0 aliphatic heterocycles. The van der Waals surface area contributed by atoms with Gasteiger partial charge in [0.2, 0.25) is 0 Å². The number of carbonyl (C=O) groups is 3. The van der Waals surface area contributed by atoms with E-state index < -0.39 is 11.9 Å². The van der Waals surface area contributed by atoms with Crippen molar-refractivity contribution in [2.75, 3.05) is 38.8 Å². The SMILES string of the molecule is CNC(=O)NC(=O)C[NH+](C)CC(=O)Nc1ccccc1SC. The summed E-state index contributed by atoms with van der Waals surface area (Å²) >= 11 is 1.55. The molecular formula is C14H21N4O3S+. The molecule has 0 aliphatic carbocycles. The van der Waals surface area contributed by atoms with Gasteiger partial charge < -0.3 is 15.5 Å². The highest BCUT2D eigenvalue weighted by atomic mass is 32.2. The number of nitrogens with one attached hydrogen (secondary N) is 4. The molecular weight excluding hydrogens is 304 g/mol. The molecule has 0 aromatic heterocycles. The molecule has 1 atom stereocenters. The number of hydrogen-bond donors (Lipinski definition) is 4. The molecule has 0 spiro atoms. The molecule has 0 radical (unpaired) electrons. The Hall–Kier alpha value is -2.06. The molecule has 22 heavy (non-hydrogen) atoms. The van der Waals surface area contributed by atoms with Crippen LogP contribution < -0.4 is 20.9 Å². The van der Waals surface area contributed by atoms with Crippen LogP contribution in [0.3, 0.4) is 0 Å². The Morgan fingerprint density at radius 1 is 1.14 bits per heavy atom. The normalized spacial score (nSPS) is 11.4. The lowest BCUT2D eigenvalue weighted by Gasteiger charge is -2.14. The lowest BCUT2D eigenvalue weighted by Crippen LogP contribution is -3.11. The van der Waals surface area contributed by atoms with Crippen molar-refractivity contribution in [1.82, 2.24) is 10.6 Å². The number of quaternary nitrogens is 1. The Bertz CT molecular complexity index is 551. The van der Waals surface area contributed by atoms with Crippen LogP contribution in [0.1, 0.15) is 0 Å². The number of benzene rings is 1. The maximum absolute atomic E-state index is 12.0. The molecule has 0 saturated carbocycles. The number of amides is 4. The molecule has 7 nitrogen and oxygen atoms in total. The van der Waals surface area contributed by atoms with Crippen molar-refractivity contribution in [3.63, 3.8) is 0 Å². The van der Waals surface area contributed by atoms with Gasteiger partial charge in [-0.3, -0.25) is 14.9 Å². The van der Waals surface area contributed by atoms with Crippen molar-refractivity contribution in [3.05, 3.63) is 24.3 Å². The fraction of sp³-hybridized carbons (Fsp3) is 0.357. The summed E-state index contributed by atoms with van der Waals surface area (Å²) in [6.07, 6.45) is 1.94. The number of likely N-dealkylation sites (N-methyl/N-ethyl adjacent to an activating group) is 1. The van der Waals surface area contributed by atoms with Crippen LogP contribution in [0.25, 0.3) is 0 Å². The molecule has 8 heteroatoms. The minimum Gasteiger partial charge on any atom is -0.341 e. The zero-order valence-corrected chi connectivity index (χ0v) is 13.7. The Morgan fingerprint density at radius 2 is 1.77 bits per heavy atom. The fourth-order valence-corrected chi connectivity index (χ4v) is 2.34. The maximum atomic E-state index is 12.0. The van der Waals surface area contributed by atoms with Gasteiger partial charge in [-0.05, 0) is 18.4 Å². The molecule has 0 saturated heterocycles. The first-order chi connectivity index (χ1) is 10.5. The molecule has 120 valence electrons. The molecule has 0 heterocycles. The number of carbonyl (C=O) groups excluding carboxylic acids is 3. The van der Waals surface area contributed by atoms with E-state index in [9.17, 15) is 14.4 Å². The van der Waals surface area contributed by atoms with E-state index in [1.165, 1.54) is 7.05 Å². The summed E-state index contributed by atoms with van der Waals surface area (Å²) < 4.78 is 0. The van der Waals surface area contributed by atoms with Crippen molar-refractivity contribution in [2.45, 2.75) is 4.90 Å². The summed E-state index contributed by atoms with van der Waals surface area (Å²) in [5.74, 6) is -0.624. The van der Waals surface area contributed by atoms with Crippen molar-refractivity contribution in [1.29, 1.82) is 0 Å². The lowest BCUT2D eigenvalue weighted by atomic mass is 10.3. The number of anilines is 1. The Labute approximate surface area is 133 Å². The number of rotatable bonds is 6. The number of urea groups is 1. The van der Waals surface area contributed by atoms with Crippen molar-refractivity contribution in [3.8, 4) is 0 Å². The van der Waals surface area contributed by atoms with Gasteiger partial charge in [-0.25, -0.2) is 4.79 Å². The Morgan fingerprint density at radius 3 is 2.41 bits per heavy atom. The van der Waals surface area contributed by atoms with Gasteiger partial charge in [0.1, 0.15) is 0 Å². The monoisotopic (exact) mass is 325 g/mol. The lowest BCUT2D eigenvalue weighted by molar-refractivity contribution is -0.862. The molecule has 0 aliphatic rings. The van der Waals surface area contributed by atoms with Gasteiger partial charge in [-0.2, -0.15) is 0 Å². The van der Waals surface area contributed by atoms with Gasteiger partial charge in [0, 0.05) is 11.9 Å². The van der Waals surface area contributed by atoms with E-state index in [0.29, 0.717) is 4.90 Å². The minimum atomic E-state index is -0.559. The number of thioether (sulfide) groups is 1. The second kappa shape index (κ2) is 9.06. The van der Waals surface area contributed by atoms with Gasteiger partial charge in [-0.15, -0.1) is 11.8 Å². The van der Waals surface area contributed by atoms with E-state index in [0.717, 1.165) is 10.6 Å². The van der Waals surface area contributed by atoms with E-state index in [1.54, 1.807) is 18.8 Å². The summed E-state index contributed by atoms with van der Waals surface area (Å²) in [5, 5.41) is 7.28. The molecule has 4 N–H and O–H groups in total. The second-order valence-corrected chi connectivity index (χ2v) is 5.53. The van der Waals surface area contributed by atoms with E-state index in [1.807, 2.05) is 30.5 Å². The second-order valence-electron chi connectivity index (χ2n) is 4.69. The average molecular weight is 325 g/mol. The van der Waals surface area contributed by atoms with E-state index in [-0.39, 0.29) is 19.0 Å². The fourth-order valence-electron chi connectivity index (χ4n) is 1.79. The highest BCUT2D eigenvalue weighted by molar-refractivity contribution is 7.98. The van der Waals surface area contributed by atoms with Gasteiger partial charge >= 0.3 is 6.03 Å². The quantitative estimate of drug-likeness (QED) is 0.522. The molecule has 1 rings (SSSR count). The van der Waals surface area contributed by atoms with Crippen LogP contribution in [0.15, 0.2) is 29.2 Å². The molecule has 0 bridgehead atoms. The first-order valence-corrected chi connectivity index (χ1v) is 7.94. The van der Waals surface area contributed by atoms with E-state index in [2.05, 4.69) is 16.0 Å². The van der Waals surface area contributed by atoms with Crippen molar-refractivity contribution >= 4 is 35.3 Å². The minimum absolute atomic E-state index is 0.0328. The van der Waals surface area contributed by atoms with Crippen LogP contribution >= 0.6 is 11.8 Å². The van der Waals surface area contributed by atoms with Gasteiger partial charge in [0.25, 0.3) is 11.8 Å². The van der Waals surface area contributed by atoms with Crippen LogP contribution in [0.2, 0.25) is 0 Å². The predicted molar refractivity (Wildman–Crippen MR) is 86.1 cm³/mol. The summed E-state index contributed by atoms with van der Waals surface area (Å²) in [7, 11) is 3.14. The van der Waals surface area contributed by atoms with Crippen molar-refractivity contribution in [2.24, 2.45) is 0 Å². The maximum Gasteiger partial charge on any atom is 0.321 e. The van der Waals surface area contributed by atoms with Gasteiger partial charge in [0.05, 0.1) is 12.7 Å². The third kappa shape index (κ3) is 6.15. The van der Waals surface area contributed by atoms with Crippen LogP contribution in [-0.4, -0.2) is 51.3 Å². The molecule has 4 amide bonds. The number of para-hydroxylation sites is 1. The van der Waals surface area contributed by atoms with Crippen LogP contribution in [-0.2, 0) is 9.59 Å². The third-order valence-corrected chi connectivity index (χ3v) is 3.58. The van der Waals surface area contributed by atoms with Crippen molar-refractivity contribution < 1.29 is 19.3 Å². The summed E-state index contributed by atoms with van der Waals surface area (Å²) in [6.45, 7) is 0.162. The number of hydrogen-bond acceptors (Lipinski definition) is 4. The Kier molecular flexibility index (Phi) is 7.41. The zero-order valence-electron chi connectivity index (χ0n) is 12.9. The molecule has 1 aromatic carbocycles. The van der Waals surface area contributed by atoms with Gasteiger partial charge in [0.15, 0.2) is 13.1 Å². The van der Waals surface area contributed by atoms with Crippen LogP contribution in [0.5, 0.6) is 0 Å². The summed E-state index contributed by atoms with van der Waals surface area (Å²) in [4.78, 5) is 36.2. The molecule has 1 aromatic rings. The smallest absolute Gasteiger partial charge is 0.321 e. The van der Waals surface area contributed by atoms with Crippen LogP contribution in [0, 0.1) is 0 Å². The highest BCUT2D eigenvalue weighted by Crippen LogP contribution is 2.24. The Balaban J connectivity index is 2.47. The average Bonchev–Trinajstić information content (AvgIpc) is 2.46. The predicted octanol–water partition coefficient (Wildman–Crippen LogP) is -0.683. The van der Waals surface area contributed by atoms with Crippen LogP contribution in [0.4, 0.5) is 10.5 Å². The first kappa shape index (κ1) is 18.0. The van der Waals surface area contributed by atoms with E-state index >= 15 is 0 Å². The third-order valence-electron chi connectivity index (χ3n) is 2.79. The summed E-state index contributed by atoms with van der Waals surface area (Å²) in [6, 6.07) is 6.95. The first-order valence-electron chi connectivity index (χ1n) is 6.72. The topological polar surface area (TPSA) is 91.7 Å². The summed E-state index contributed by atoms with van der Waals surface area (Å²) in [5.41, 5.74) is 0.752. The molecule has 0 fully saturated rings. The zero-order chi connectivity index (χ0) is 16.5. The largest absolute Gasteiger partial charge is 0.341 e. The van der Waals surface area contributed by atoms with E-state index in [4.69, 9.17) is 0 Å². The standard InChI is InChI=1S/C14H20N4O3S/c1-15-14(21)17-13(20)9-18(2)8-12(19)16-10-6-4-5-7-11(10)22-3/h4-7H,8-9H2,1-3H3,(H,16,19)(H2,15,17,20,21)/p+1. The number of imide groups is 1. The molecule has 1 unspecified atom stereocenters. The highest BCUT2D eigenvalue weighted by Gasteiger charge is 2.16. The van der Waals surface area contributed by atoms with Gasteiger partial charge in [-0.1, -0.05) is 12.1 Å².